The molecule has 2 aromatic rings. The normalized spacial score (nSPS) is 16.0. The van der Waals surface area contributed by atoms with Crippen LogP contribution in [-0.4, -0.2) is 46.9 Å². The van der Waals surface area contributed by atoms with E-state index in [1.165, 1.54) is 16.9 Å². The summed E-state index contributed by atoms with van der Waals surface area (Å²) in [5, 5.41) is 8.22. The van der Waals surface area contributed by atoms with Crippen molar-refractivity contribution >= 4 is 5.82 Å². The average Bonchev–Trinajstić information content (AvgIpc) is 2.88. The standard InChI is InChI=1S/C20H31N5/c1-16(2)21-14-19-17(3)22-23(4)20(19)25-12-10-24(11-13-25)15-18-8-6-5-7-9-18/h5-9,16,21H,10-15H2,1-4H3. The number of benzene rings is 1. The fourth-order valence-corrected chi connectivity index (χ4v) is 3.56. The Balaban J connectivity index is 1.64. The van der Waals surface area contributed by atoms with Gasteiger partial charge in [-0.05, 0) is 12.5 Å². The van der Waals surface area contributed by atoms with E-state index in [0.717, 1.165) is 45.0 Å². The molecule has 0 atom stereocenters. The third kappa shape index (κ3) is 4.41. The molecule has 1 N–H and O–H groups in total. The third-order valence-electron chi connectivity index (χ3n) is 4.92. The minimum Gasteiger partial charge on any atom is -0.354 e. The van der Waals surface area contributed by atoms with Crippen molar-refractivity contribution < 1.29 is 0 Å². The second kappa shape index (κ2) is 8.02. The number of hydrogen-bond acceptors (Lipinski definition) is 4. The van der Waals surface area contributed by atoms with Crippen LogP contribution in [0.4, 0.5) is 5.82 Å². The highest BCUT2D eigenvalue weighted by Crippen LogP contribution is 2.25. The summed E-state index contributed by atoms with van der Waals surface area (Å²) in [6.45, 7) is 12.7. The molecule has 5 heteroatoms. The number of aryl methyl sites for hydroxylation is 2. The first-order valence-electron chi connectivity index (χ1n) is 9.31. The minimum atomic E-state index is 0.482. The highest BCUT2D eigenvalue weighted by atomic mass is 15.4. The van der Waals surface area contributed by atoms with Crippen LogP contribution < -0.4 is 10.2 Å². The maximum atomic E-state index is 4.67. The molecule has 1 fully saturated rings. The number of nitrogens with zero attached hydrogens (tertiary/aromatic N) is 4. The van der Waals surface area contributed by atoms with Crippen molar-refractivity contribution in [3.05, 3.63) is 47.2 Å². The molecule has 3 rings (SSSR count). The molecular weight excluding hydrogens is 310 g/mol. The molecule has 136 valence electrons. The summed E-state index contributed by atoms with van der Waals surface area (Å²) in [4.78, 5) is 5.04. The predicted molar refractivity (Wildman–Crippen MR) is 104 cm³/mol. The molecule has 0 saturated carbocycles. The number of anilines is 1. The van der Waals surface area contributed by atoms with Gasteiger partial charge >= 0.3 is 0 Å². The summed E-state index contributed by atoms with van der Waals surface area (Å²) >= 11 is 0. The van der Waals surface area contributed by atoms with Crippen LogP contribution in [0.2, 0.25) is 0 Å². The Morgan fingerprint density at radius 2 is 1.76 bits per heavy atom. The largest absolute Gasteiger partial charge is 0.354 e. The van der Waals surface area contributed by atoms with Gasteiger partial charge in [0, 0.05) is 57.9 Å². The van der Waals surface area contributed by atoms with Crippen molar-refractivity contribution in [2.75, 3.05) is 31.1 Å². The van der Waals surface area contributed by atoms with Gasteiger partial charge in [-0.15, -0.1) is 0 Å². The summed E-state index contributed by atoms with van der Waals surface area (Å²) in [5.74, 6) is 1.28. The maximum Gasteiger partial charge on any atom is 0.131 e. The lowest BCUT2D eigenvalue weighted by molar-refractivity contribution is 0.248. The monoisotopic (exact) mass is 341 g/mol. The molecule has 0 amide bonds. The zero-order chi connectivity index (χ0) is 17.8. The van der Waals surface area contributed by atoms with Crippen molar-refractivity contribution in [2.24, 2.45) is 7.05 Å². The first-order chi connectivity index (χ1) is 12.0. The Morgan fingerprint density at radius 1 is 1.08 bits per heavy atom. The van der Waals surface area contributed by atoms with Crippen LogP contribution in [0.3, 0.4) is 0 Å². The van der Waals surface area contributed by atoms with Crippen molar-refractivity contribution in [1.82, 2.24) is 20.0 Å². The second-order valence-corrected chi connectivity index (χ2v) is 7.30. The smallest absolute Gasteiger partial charge is 0.131 e. The van der Waals surface area contributed by atoms with Gasteiger partial charge < -0.3 is 10.2 Å². The molecule has 2 heterocycles. The lowest BCUT2D eigenvalue weighted by Crippen LogP contribution is -2.47. The lowest BCUT2D eigenvalue weighted by Gasteiger charge is -2.36. The van der Waals surface area contributed by atoms with Crippen LogP contribution in [-0.2, 0) is 20.1 Å². The van der Waals surface area contributed by atoms with Gasteiger partial charge in [-0.1, -0.05) is 44.2 Å². The van der Waals surface area contributed by atoms with Crippen LogP contribution in [0.15, 0.2) is 30.3 Å². The molecule has 0 spiro atoms. The van der Waals surface area contributed by atoms with E-state index in [1.54, 1.807) is 0 Å². The zero-order valence-corrected chi connectivity index (χ0v) is 16.0. The van der Waals surface area contributed by atoms with Crippen LogP contribution in [0.5, 0.6) is 0 Å². The predicted octanol–water partition coefficient (Wildman–Crippen LogP) is 2.55. The van der Waals surface area contributed by atoms with Gasteiger partial charge in [0.1, 0.15) is 5.82 Å². The van der Waals surface area contributed by atoms with Gasteiger partial charge in [-0.2, -0.15) is 5.10 Å². The van der Waals surface area contributed by atoms with E-state index < -0.39 is 0 Å². The summed E-state index contributed by atoms with van der Waals surface area (Å²) in [5.41, 5.74) is 3.87. The van der Waals surface area contributed by atoms with Gasteiger partial charge in [-0.25, -0.2) is 0 Å². The van der Waals surface area contributed by atoms with E-state index in [4.69, 9.17) is 0 Å². The fourth-order valence-electron chi connectivity index (χ4n) is 3.56. The Bertz CT molecular complexity index is 669. The van der Waals surface area contributed by atoms with Gasteiger partial charge in [0.2, 0.25) is 0 Å². The molecule has 1 aromatic carbocycles. The van der Waals surface area contributed by atoms with E-state index >= 15 is 0 Å². The summed E-state index contributed by atoms with van der Waals surface area (Å²) < 4.78 is 2.06. The number of rotatable bonds is 6. The summed E-state index contributed by atoms with van der Waals surface area (Å²) in [7, 11) is 2.07. The van der Waals surface area contributed by atoms with E-state index in [-0.39, 0.29) is 0 Å². The summed E-state index contributed by atoms with van der Waals surface area (Å²) in [6.07, 6.45) is 0. The molecule has 1 aromatic heterocycles. The first-order valence-corrected chi connectivity index (χ1v) is 9.31. The highest BCUT2D eigenvalue weighted by molar-refractivity contribution is 5.50. The SMILES string of the molecule is Cc1nn(C)c(N2CCN(Cc3ccccc3)CC2)c1CNC(C)C. The van der Waals surface area contributed by atoms with Gasteiger partial charge in [0.25, 0.3) is 0 Å². The van der Waals surface area contributed by atoms with Crippen molar-refractivity contribution in [3.63, 3.8) is 0 Å². The summed E-state index contributed by atoms with van der Waals surface area (Å²) in [6, 6.07) is 11.2. The molecule has 1 aliphatic heterocycles. The Kier molecular flexibility index (Phi) is 5.76. The number of hydrogen-bond donors (Lipinski definition) is 1. The minimum absolute atomic E-state index is 0.482. The Labute approximate surface area is 151 Å². The lowest BCUT2D eigenvalue weighted by atomic mass is 10.1. The van der Waals surface area contributed by atoms with E-state index in [0.29, 0.717) is 6.04 Å². The highest BCUT2D eigenvalue weighted by Gasteiger charge is 2.23. The molecule has 0 bridgehead atoms. The first kappa shape index (κ1) is 18.0. The van der Waals surface area contributed by atoms with Crippen LogP contribution in [0.25, 0.3) is 0 Å². The molecule has 1 aliphatic rings. The zero-order valence-electron chi connectivity index (χ0n) is 16.0. The van der Waals surface area contributed by atoms with E-state index in [2.05, 4.69) is 83.0 Å². The quantitative estimate of drug-likeness (QED) is 0.876. The maximum absolute atomic E-state index is 4.67. The molecule has 0 aliphatic carbocycles. The van der Waals surface area contributed by atoms with Crippen LogP contribution in [0.1, 0.15) is 30.7 Å². The molecular formula is C20H31N5. The molecule has 1 saturated heterocycles. The van der Waals surface area contributed by atoms with E-state index in [1.807, 2.05) is 0 Å². The van der Waals surface area contributed by atoms with Crippen molar-refractivity contribution in [1.29, 1.82) is 0 Å². The van der Waals surface area contributed by atoms with E-state index in [9.17, 15) is 0 Å². The molecule has 0 radical (unpaired) electrons. The number of piperazine rings is 1. The topological polar surface area (TPSA) is 36.3 Å². The van der Waals surface area contributed by atoms with Crippen LogP contribution in [0, 0.1) is 6.92 Å². The van der Waals surface area contributed by atoms with Gasteiger partial charge in [0.15, 0.2) is 0 Å². The third-order valence-corrected chi connectivity index (χ3v) is 4.92. The Hall–Kier alpha value is -1.85. The molecule has 25 heavy (non-hydrogen) atoms. The number of nitrogens with one attached hydrogen (secondary N) is 1. The fraction of sp³-hybridized carbons (Fsp3) is 0.550. The van der Waals surface area contributed by atoms with Gasteiger partial charge in [0.05, 0.1) is 5.69 Å². The molecule has 0 unspecified atom stereocenters. The van der Waals surface area contributed by atoms with Crippen LogP contribution >= 0.6 is 0 Å². The van der Waals surface area contributed by atoms with Gasteiger partial charge in [-0.3, -0.25) is 9.58 Å². The van der Waals surface area contributed by atoms with Crippen molar-refractivity contribution in [2.45, 2.75) is 39.9 Å². The second-order valence-electron chi connectivity index (χ2n) is 7.30. The average molecular weight is 342 g/mol. The number of aromatic nitrogens is 2. The molecule has 5 nitrogen and oxygen atoms in total. The Morgan fingerprint density at radius 3 is 2.40 bits per heavy atom. The van der Waals surface area contributed by atoms with Crippen molar-refractivity contribution in [3.8, 4) is 0 Å².